The molecule has 1 amide bonds. The van der Waals surface area contributed by atoms with E-state index in [2.05, 4.69) is 32.3 Å². The third-order valence-corrected chi connectivity index (χ3v) is 5.14. The van der Waals surface area contributed by atoms with Crippen LogP contribution in [-0.2, 0) is 0 Å². The molecule has 0 saturated carbocycles. The van der Waals surface area contributed by atoms with E-state index in [1.165, 1.54) is 12.8 Å². The smallest absolute Gasteiger partial charge is 0.255 e. The Labute approximate surface area is 164 Å². The van der Waals surface area contributed by atoms with E-state index in [4.69, 9.17) is 0 Å². The van der Waals surface area contributed by atoms with Crippen molar-refractivity contribution < 1.29 is 4.79 Å². The summed E-state index contributed by atoms with van der Waals surface area (Å²) in [5.41, 5.74) is 3.10. The van der Waals surface area contributed by atoms with Gasteiger partial charge >= 0.3 is 0 Å². The van der Waals surface area contributed by atoms with Crippen molar-refractivity contribution in [3.05, 3.63) is 66.5 Å². The molecule has 0 radical (unpaired) electrons. The zero-order chi connectivity index (χ0) is 19.3. The zero-order valence-electron chi connectivity index (χ0n) is 15.9. The fraction of sp³-hybridized carbons (Fsp3) is 0.273. The first kappa shape index (κ1) is 18.1. The van der Waals surface area contributed by atoms with E-state index in [1.807, 2.05) is 36.4 Å². The number of piperidine rings is 1. The van der Waals surface area contributed by atoms with Crippen LogP contribution in [0.4, 0.5) is 11.5 Å². The van der Waals surface area contributed by atoms with Crippen LogP contribution in [0.15, 0.2) is 60.9 Å². The predicted octanol–water partition coefficient (Wildman–Crippen LogP) is 4.03. The molecule has 1 aliphatic heterocycles. The first-order valence-electron chi connectivity index (χ1n) is 9.59. The molecule has 3 aromatic rings. The average molecular weight is 373 g/mol. The van der Waals surface area contributed by atoms with Crippen molar-refractivity contribution in [2.75, 3.05) is 23.3 Å². The van der Waals surface area contributed by atoms with Crippen LogP contribution >= 0.6 is 0 Å². The monoisotopic (exact) mass is 373 g/mol. The molecule has 0 atom stereocenters. The van der Waals surface area contributed by atoms with Gasteiger partial charge in [-0.05, 0) is 55.2 Å². The summed E-state index contributed by atoms with van der Waals surface area (Å²) in [5.74, 6) is 1.58. The lowest BCUT2D eigenvalue weighted by Crippen LogP contribution is -2.33. The van der Waals surface area contributed by atoms with E-state index < -0.39 is 0 Å². The molecule has 1 aromatic carbocycles. The molecule has 28 heavy (non-hydrogen) atoms. The molecule has 3 heterocycles. The van der Waals surface area contributed by atoms with Crippen molar-refractivity contribution >= 4 is 17.4 Å². The third-order valence-electron chi connectivity index (χ3n) is 5.14. The summed E-state index contributed by atoms with van der Waals surface area (Å²) in [6.07, 6.45) is 5.61. The molecule has 4 rings (SSSR count). The van der Waals surface area contributed by atoms with Crippen LogP contribution in [0.5, 0.6) is 0 Å². The first-order valence-corrected chi connectivity index (χ1v) is 9.59. The molecule has 6 nitrogen and oxygen atoms in total. The molecular weight excluding hydrogens is 350 g/mol. The largest absolute Gasteiger partial charge is 0.355 e. The summed E-state index contributed by atoms with van der Waals surface area (Å²) in [5, 5.41) is 11.7. The Morgan fingerprint density at radius 2 is 1.68 bits per heavy atom. The maximum Gasteiger partial charge on any atom is 0.255 e. The summed E-state index contributed by atoms with van der Waals surface area (Å²) >= 11 is 0. The van der Waals surface area contributed by atoms with Crippen molar-refractivity contribution in [3.8, 4) is 11.3 Å². The minimum atomic E-state index is -0.157. The molecule has 0 bridgehead atoms. The van der Waals surface area contributed by atoms with Crippen molar-refractivity contribution in [3.63, 3.8) is 0 Å². The van der Waals surface area contributed by atoms with E-state index in [1.54, 1.807) is 24.5 Å². The first-order chi connectivity index (χ1) is 13.7. The number of aromatic nitrogens is 3. The van der Waals surface area contributed by atoms with Crippen LogP contribution in [0.3, 0.4) is 0 Å². The second-order valence-corrected chi connectivity index (χ2v) is 7.21. The molecule has 1 saturated heterocycles. The number of anilines is 2. The highest BCUT2D eigenvalue weighted by molar-refractivity contribution is 6.04. The summed E-state index contributed by atoms with van der Waals surface area (Å²) in [4.78, 5) is 18.4. The van der Waals surface area contributed by atoms with E-state index in [0.29, 0.717) is 5.56 Å². The Hall–Kier alpha value is -3.28. The molecule has 0 spiro atoms. The van der Waals surface area contributed by atoms with Gasteiger partial charge in [0.15, 0.2) is 5.82 Å². The van der Waals surface area contributed by atoms with Crippen LogP contribution in [0.25, 0.3) is 11.3 Å². The second-order valence-electron chi connectivity index (χ2n) is 7.21. The molecule has 0 unspecified atom stereocenters. The lowest BCUT2D eigenvalue weighted by Gasteiger charge is -2.30. The normalized spacial score (nSPS) is 14.7. The zero-order valence-corrected chi connectivity index (χ0v) is 15.9. The van der Waals surface area contributed by atoms with E-state index in [0.717, 1.165) is 41.8 Å². The van der Waals surface area contributed by atoms with Gasteiger partial charge in [0.25, 0.3) is 5.91 Å². The van der Waals surface area contributed by atoms with Crippen LogP contribution in [0, 0.1) is 5.92 Å². The Kier molecular flexibility index (Phi) is 5.28. The Morgan fingerprint density at radius 1 is 0.964 bits per heavy atom. The molecule has 1 fully saturated rings. The van der Waals surface area contributed by atoms with Crippen LogP contribution in [-0.4, -0.2) is 34.2 Å². The number of carbonyl (C=O) groups is 1. The van der Waals surface area contributed by atoms with Crippen LogP contribution in [0.2, 0.25) is 0 Å². The van der Waals surface area contributed by atoms with Crippen LogP contribution < -0.4 is 10.2 Å². The lowest BCUT2D eigenvalue weighted by molar-refractivity contribution is 0.102. The molecule has 1 N–H and O–H groups in total. The highest BCUT2D eigenvalue weighted by Gasteiger charge is 2.17. The topological polar surface area (TPSA) is 71.0 Å². The fourth-order valence-corrected chi connectivity index (χ4v) is 3.32. The summed E-state index contributed by atoms with van der Waals surface area (Å²) < 4.78 is 0. The maximum atomic E-state index is 12.2. The number of hydrogen-bond acceptors (Lipinski definition) is 5. The van der Waals surface area contributed by atoms with Crippen molar-refractivity contribution in [1.82, 2.24) is 15.2 Å². The molecule has 1 aliphatic rings. The van der Waals surface area contributed by atoms with Gasteiger partial charge in [0.05, 0.1) is 5.69 Å². The second kappa shape index (κ2) is 8.17. The van der Waals surface area contributed by atoms with Crippen molar-refractivity contribution in [1.29, 1.82) is 0 Å². The fourth-order valence-electron chi connectivity index (χ4n) is 3.32. The molecule has 2 aromatic heterocycles. The molecular formula is C22H23N5O. The number of hydrogen-bond donors (Lipinski definition) is 1. The number of carbonyl (C=O) groups excluding carboxylic acids is 1. The lowest BCUT2D eigenvalue weighted by atomic mass is 9.99. The molecule has 0 aliphatic carbocycles. The van der Waals surface area contributed by atoms with Crippen molar-refractivity contribution in [2.45, 2.75) is 19.8 Å². The van der Waals surface area contributed by atoms with Gasteiger partial charge in [-0.1, -0.05) is 19.1 Å². The SMILES string of the molecule is CC1CCN(c2ccc(-c3ccc(NC(=O)c4ccncc4)cc3)nn2)CC1. The van der Waals surface area contributed by atoms with Gasteiger partial charge < -0.3 is 10.2 Å². The number of amides is 1. The van der Waals surface area contributed by atoms with Gasteiger partial charge in [0, 0.05) is 42.3 Å². The standard InChI is InChI=1S/C22H23N5O/c1-16-10-14-27(15-11-16)21-7-6-20(25-26-21)17-2-4-19(5-3-17)24-22(28)18-8-12-23-13-9-18/h2-9,12-13,16H,10-11,14-15H2,1H3,(H,24,28). The number of nitrogens with zero attached hydrogens (tertiary/aromatic N) is 4. The average Bonchev–Trinajstić information content (AvgIpc) is 2.76. The van der Waals surface area contributed by atoms with E-state index >= 15 is 0 Å². The van der Waals surface area contributed by atoms with Gasteiger partial charge in [-0.15, -0.1) is 10.2 Å². The van der Waals surface area contributed by atoms with E-state index in [9.17, 15) is 4.79 Å². The third kappa shape index (κ3) is 4.17. The summed E-state index contributed by atoms with van der Waals surface area (Å²) in [7, 11) is 0. The Bertz CT molecular complexity index is 917. The van der Waals surface area contributed by atoms with Gasteiger partial charge in [0.1, 0.15) is 0 Å². The van der Waals surface area contributed by atoms with Gasteiger partial charge in [-0.25, -0.2) is 0 Å². The summed E-state index contributed by atoms with van der Waals surface area (Å²) in [6, 6.07) is 15.0. The van der Waals surface area contributed by atoms with Gasteiger partial charge in [-0.3, -0.25) is 9.78 Å². The van der Waals surface area contributed by atoms with Gasteiger partial charge in [0.2, 0.25) is 0 Å². The molecule has 142 valence electrons. The Balaban J connectivity index is 1.41. The number of rotatable bonds is 4. The minimum Gasteiger partial charge on any atom is -0.355 e. The predicted molar refractivity (Wildman–Crippen MR) is 110 cm³/mol. The number of nitrogens with one attached hydrogen (secondary N) is 1. The van der Waals surface area contributed by atoms with Crippen LogP contribution in [0.1, 0.15) is 30.1 Å². The summed E-state index contributed by atoms with van der Waals surface area (Å²) in [6.45, 7) is 4.39. The quantitative estimate of drug-likeness (QED) is 0.748. The maximum absolute atomic E-state index is 12.2. The number of benzene rings is 1. The van der Waals surface area contributed by atoms with Crippen molar-refractivity contribution in [2.24, 2.45) is 5.92 Å². The van der Waals surface area contributed by atoms with Gasteiger partial charge in [-0.2, -0.15) is 0 Å². The Morgan fingerprint density at radius 3 is 2.32 bits per heavy atom. The molecule has 6 heteroatoms. The highest BCUT2D eigenvalue weighted by atomic mass is 16.1. The number of pyridine rings is 1. The minimum absolute atomic E-state index is 0.157. The van der Waals surface area contributed by atoms with E-state index in [-0.39, 0.29) is 5.91 Å². The highest BCUT2D eigenvalue weighted by Crippen LogP contribution is 2.24.